The van der Waals surface area contributed by atoms with Gasteiger partial charge in [0.1, 0.15) is 12.1 Å². The van der Waals surface area contributed by atoms with Crippen molar-refractivity contribution in [2.45, 2.75) is 52.5 Å². The molecule has 1 aliphatic rings. The van der Waals surface area contributed by atoms with Gasteiger partial charge in [0.2, 0.25) is 5.91 Å². The molecule has 2 heterocycles. The lowest BCUT2D eigenvalue weighted by Gasteiger charge is -2.24. The van der Waals surface area contributed by atoms with E-state index in [4.69, 9.17) is 0 Å². The largest absolute Gasteiger partial charge is 0.325 e. The SMILES string of the molecule is Cc1nn(C)c(C)c1NC(=O)CN1C(=O)NC(C)(c2ccc(C(C)(C)C)cc2)C1=O. The minimum Gasteiger partial charge on any atom is -0.321 e. The molecule has 0 radical (unpaired) electrons. The number of hydrogen-bond donors (Lipinski definition) is 2. The predicted molar refractivity (Wildman–Crippen MR) is 114 cm³/mol. The molecule has 4 amide bonds. The third-order valence-corrected chi connectivity index (χ3v) is 5.68. The fourth-order valence-electron chi connectivity index (χ4n) is 3.62. The van der Waals surface area contributed by atoms with Gasteiger partial charge in [0.15, 0.2) is 0 Å². The Morgan fingerprint density at radius 2 is 1.77 bits per heavy atom. The second-order valence-corrected chi connectivity index (χ2v) is 8.99. The molecule has 2 aromatic rings. The number of aromatic nitrogens is 2. The lowest BCUT2D eigenvalue weighted by Crippen LogP contribution is -2.42. The molecule has 1 aromatic carbocycles. The number of anilines is 1. The van der Waals surface area contributed by atoms with Crippen LogP contribution in [-0.2, 0) is 27.6 Å². The number of urea groups is 1. The van der Waals surface area contributed by atoms with Crippen molar-refractivity contribution in [2.24, 2.45) is 7.05 Å². The van der Waals surface area contributed by atoms with E-state index in [0.717, 1.165) is 16.2 Å². The van der Waals surface area contributed by atoms with Crippen LogP contribution < -0.4 is 10.6 Å². The molecule has 160 valence electrons. The standard InChI is InChI=1S/C22H29N5O3/c1-13-18(14(2)26(7)25-13)23-17(28)12-27-19(29)22(6,24-20(27)30)16-10-8-15(9-11-16)21(3,4)5/h8-11H,12H2,1-7H3,(H,23,28)(H,24,30). The van der Waals surface area contributed by atoms with Crippen LogP contribution in [0.1, 0.15) is 50.2 Å². The van der Waals surface area contributed by atoms with Crippen molar-refractivity contribution in [3.63, 3.8) is 0 Å². The van der Waals surface area contributed by atoms with Crippen LogP contribution in [0.15, 0.2) is 24.3 Å². The Hall–Kier alpha value is -3.16. The molecule has 30 heavy (non-hydrogen) atoms. The maximum atomic E-state index is 13.1. The third kappa shape index (κ3) is 3.69. The number of hydrogen-bond acceptors (Lipinski definition) is 4. The van der Waals surface area contributed by atoms with E-state index >= 15 is 0 Å². The van der Waals surface area contributed by atoms with E-state index in [-0.39, 0.29) is 12.0 Å². The zero-order chi connectivity index (χ0) is 22.4. The summed E-state index contributed by atoms with van der Waals surface area (Å²) in [5.41, 5.74) is 2.63. The number of carbonyl (C=O) groups excluding carboxylic acids is 3. The van der Waals surface area contributed by atoms with Crippen molar-refractivity contribution in [1.82, 2.24) is 20.0 Å². The lowest BCUT2D eigenvalue weighted by atomic mass is 9.84. The molecule has 1 atom stereocenters. The number of benzene rings is 1. The van der Waals surface area contributed by atoms with Gasteiger partial charge in [0.05, 0.1) is 17.1 Å². The highest BCUT2D eigenvalue weighted by atomic mass is 16.2. The van der Waals surface area contributed by atoms with Crippen molar-refractivity contribution >= 4 is 23.5 Å². The average Bonchev–Trinajstić information content (AvgIpc) is 3.03. The number of aryl methyl sites for hydroxylation is 2. The van der Waals surface area contributed by atoms with Crippen molar-refractivity contribution in [2.75, 3.05) is 11.9 Å². The Labute approximate surface area is 176 Å². The summed E-state index contributed by atoms with van der Waals surface area (Å²) in [6, 6.07) is 7.04. The Morgan fingerprint density at radius 3 is 2.27 bits per heavy atom. The summed E-state index contributed by atoms with van der Waals surface area (Å²) >= 11 is 0. The Morgan fingerprint density at radius 1 is 1.17 bits per heavy atom. The molecule has 1 aliphatic heterocycles. The topological polar surface area (TPSA) is 96.3 Å². The van der Waals surface area contributed by atoms with Gasteiger partial charge < -0.3 is 10.6 Å². The molecular formula is C22H29N5O3. The van der Waals surface area contributed by atoms with E-state index in [1.165, 1.54) is 0 Å². The van der Waals surface area contributed by atoms with Gasteiger partial charge in [-0.05, 0) is 37.3 Å². The van der Waals surface area contributed by atoms with Crippen LogP contribution in [0.2, 0.25) is 0 Å². The number of nitrogens with zero attached hydrogens (tertiary/aromatic N) is 3. The molecule has 1 fully saturated rings. The predicted octanol–water partition coefficient (Wildman–Crippen LogP) is 2.74. The summed E-state index contributed by atoms with van der Waals surface area (Å²) in [4.78, 5) is 39.1. The Bertz CT molecular complexity index is 1020. The summed E-state index contributed by atoms with van der Waals surface area (Å²) in [5, 5.41) is 9.76. The summed E-state index contributed by atoms with van der Waals surface area (Å²) < 4.78 is 1.66. The maximum Gasteiger partial charge on any atom is 0.325 e. The van der Waals surface area contributed by atoms with Crippen molar-refractivity contribution in [3.05, 3.63) is 46.8 Å². The highest BCUT2D eigenvalue weighted by Gasteiger charge is 2.49. The van der Waals surface area contributed by atoms with Gasteiger partial charge in [-0.25, -0.2) is 4.79 Å². The van der Waals surface area contributed by atoms with Crippen molar-refractivity contribution < 1.29 is 14.4 Å². The number of imide groups is 1. The van der Waals surface area contributed by atoms with E-state index < -0.39 is 23.4 Å². The molecule has 0 saturated carbocycles. The van der Waals surface area contributed by atoms with Gasteiger partial charge in [0, 0.05) is 7.05 Å². The molecule has 0 bridgehead atoms. The zero-order valence-corrected chi connectivity index (χ0v) is 18.6. The number of rotatable bonds is 4. The summed E-state index contributed by atoms with van der Waals surface area (Å²) in [6.45, 7) is 11.2. The molecule has 1 saturated heterocycles. The lowest BCUT2D eigenvalue weighted by molar-refractivity contribution is -0.133. The number of carbonyl (C=O) groups is 3. The molecule has 3 rings (SSSR count). The molecule has 8 nitrogen and oxygen atoms in total. The van der Waals surface area contributed by atoms with E-state index in [9.17, 15) is 14.4 Å². The summed E-state index contributed by atoms with van der Waals surface area (Å²) in [6.07, 6.45) is 0. The smallest absolute Gasteiger partial charge is 0.321 e. The van der Waals surface area contributed by atoms with Crippen molar-refractivity contribution in [1.29, 1.82) is 0 Å². The van der Waals surface area contributed by atoms with Gasteiger partial charge in [-0.1, -0.05) is 45.0 Å². The Kier molecular flexibility index (Phi) is 5.22. The minimum atomic E-state index is -1.21. The minimum absolute atomic E-state index is 0.0188. The van der Waals surface area contributed by atoms with E-state index in [0.29, 0.717) is 16.9 Å². The molecule has 1 unspecified atom stereocenters. The van der Waals surface area contributed by atoms with Crippen LogP contribution in [0.25, 0.3) is 0 Å². The molecule has 8 heteroatoms. The Balaban J connectivity index is 1.77. The second-order valence-electron chi connectivity index (χ2n) is 8.99. The first-order valence-electron chi connectivity index (χ1n) is 9.90. The highest BCUT2D eigenvalue weighted by molar-refractivity contribution is 6.10. The first-order valence-corrected chi connectivity index (χ1v) is 9.90. The third-order valence-electron chi connectivity index (χ3n) is 5.68. The van der Waals surface area contributed by atoms with Crippen LogP contribution in [0.5, 0.6) is 0 Å². The van der Waals surface area contributed by atoms with Crippen LogP contribution in [0.4, 0.5) is 10.5 Å². The monoisotopic (exact) mass is 411 g/mol. The van der Waals surface area contributed by atoms with Crippen LogP contribution in [-0.4, -0.2) is 39.1 Å². The van der Waals surface area contributed by atoms with E-state index in [1.807, 2.05) is 31.2 Å². The molecule has 0 spiro atoms. The molecule has 0 aliphatic carbocycles. The zero-order valence-electron chi connectivity index (χ0n) is 18.6. The van der Waals surface area contributed by atoms with Gasteiger partial charge in [-0.3, -0.25) is 19.2 Å². The summed E-state index contributed by atoms with van der Waals surface area (Å²) in [7, 11) is 1.78. The van der Waals surface area contributed by atoms with E-state index in [1.54, 1.807) is 25.6 Å². The number of amides is 4. The first kappa shape index (κ1) is 21.5. The second kappa shape index (κ2) is 7.27. The van der Waals surface area contributed by atoms with Gasteiger partial charge in [-0.2, -0.15) is 5.10 Å². The fourth-order valence-corrected chi connectivity index (χ4v) is 3.62. The first-order chi connectivity index (χ1) is 13.8. The number of nitrogens with one attached hydrogen (secondary N) is 2. The maximum absolute atomic E-state index is 13.1. The average molecular weight is 412 g/mol. The van der Waals surface area contributed by atoms with Crippen molar-refractivity contribution in [3.8, 4) is 0 Å². The molecular weight excluding hydrogens is 382 g/mol. The fraction of sp³-hybridized carbons (Fsp3) is 0.455. The van der Waals surface area contributed by atoms with Gasteiger partial charge in [-0.15, -0.1) is 0 Å². The summed E-state index contributed by atoms with van der Waals surface area (Å²) in [5.74, 6) is -0.907. The molecule has 2 N–H and O–H groups in total. The quantitative estimate of drug-likeness (QED) is 0.756. The van der Waals surface area contributed by atoms with Crippen LogP contribution in [0, 0.1) is 13.8 Å². The van der Waals surface area contributed by atoms with Gasteiger partial charge >= 0.3 is 6.03 Å². The van der Waals surface area contributed by atoms with Crippen LogP contribution in [0.3, 0.4) is 0 Å². The highest BCUT2D eigenvalue weighted by Crippen LogP contribution is 2.31. The van der Waals surface area contributed by atoms with Gasteiger partial charge in [0.25, 0.3) is 5.91 Å². The van der Waals surface area contributed by atoms with E-state index in [2.05, 4.69) is 36.5 Å². The molecule has 1 aromatic heterocycles. The normalized spacial score (nSPS) is 19.2. The van der Waals surface area contributed by atoms with Crippen LogP contribution >= 0.6 is 0 Å².